The molecule has 0 spiro atoms. The molecule has 0 saturated heterocycles. The van der Waals surface area contributed by atoms with Gasteiger partial charge in [-0.3, -0.25) is 9.80 Å². The maximum absolute atomic E-state index is 14.1. The fourth-order valence-electron chi connectivity index (χ4n) is 4.59. The lowest BCUT2D eigenvalue weighted by Gasteiger charge is -2.42. The van der Waals surface area contributed by atoms with E-state index in [2.05, 4.69) is 4.85 Å². The summed E-state index contributed by atoms with van der Waals surface area (Å²) in [5.74, 6) is 0. The summed E-state index contributed by atoms with van der Waals surface area (Å²) in [4.78, 5) is 18.6. The summed E-state index contributed by atoms with van der Waals surface area (Å²) < 4.78 is 107. The lowest BCUT2D eigenvalue weighted by atomic mass is 9.96. The number of carbonyl (C=O) groups is 1. The Morgan fingerprint density at radius 2 is 1.45 bits per heavy atom. The molecule has 0 saturated carbocycles. The van der Waals surface area contributed by atoms with Gasteiger partial charge in [-0.1, -0.05) is 18.2 Å². The first-order chi connectivity index (χ1) is 19.5. The highest BCUT2D eigenvalue weighted by Gasteiger charge is 2.44. The normalized spacial score (nSPS) is 16.3. The molecule has 1 aliphatic heterocycles. The molecule has 3 aromatic rings. The molecule has 1 heterocycles. The molecule has 14 heteroatoms. The van der Waals surface area contributed by atoms with Gasteiger partial charge in [0.15, 0.2) is 9.84 Å². The SMILES string of the molecule is [C-]#[N+]C1=C(C)N(c2cccc(C(F)(F)F)c2)C(=O)N(c2cccc(C(F)(F)F)c2)[C@@H]1c1ccc(C#N)cc1S(C)(=O)=O. The first kappa shape index (κ1) is 30.1. The van der Waals surface area contributed by atoms with Gasteiger partial charge >= 0.3 is 18.4 Å². The van der Waals surface area contributed by atoms with Crippen molar-refractivity contribution in [3.05, 3.63) is 112 Å². The predicted octanol–water partition coefficient (Wildman–Crippen LogP) is 7.34. The summed E-state index contributed by atoms with van der Waals surface area (Å²) in [6.45, 7) is 9.16. The Morgan fingerprint density at radius 3 is 1.95 bits per heavy atom. The molecular weight excluding hydrogens is 586 g/mol. The standard InChI is InChI=1S/C28H18F6N4O3S/c1-16-24(36-2)25(22-11-10-17(15-35)12-23(22)42(3,40)41)38(21-9-5-7-19(14-21)28(32,33)34)26(39)37(16)20-8-4-6-18(13-20)27(29,30)31/h4-14,25H,1,3H3/t25-/m1/s1. The summed E-state index contributed by atoms with van der Waals surface area (Å²) in [6.07, 6.45) is -8.84. The highest BCUT2D eigenvalue weighted by Crippen LogP contribution is 2.45. The van der Waals surface area contributed by atoms with Crippen molar-refractivity contribution in [3.8, 4) is 6.07 Å². The minimum absolute atomic E-state index is 0.0809. The zero-order chi connectivity index (χ0) is 31.2. The number of halogens is 6. The van der Waals surface area contributed by atoms with Crippen molar-refractivity contribution in [1.29, 1.82) is 5.26 Å². The summed E-state index contributed by atoms with van der Waals surface area (Å²) in [5.41, 5.74) is -3.83. The van der Waals surface area contributed by atoms with Gasteiger partial charge in [-0.2, -0.15) is 31.6 Å². The van der Waals surface area contributed by atoms with Crippen molar-refractivity contribution in [3.63, 3.8) is 0 Å². The topological polar surface area (TPSA) is 85.8 Å². The van der Waals surface area contributed by atoms with Gasteiger partial charge < -0.3 is 0 Å². The average Bonchev–Trinajstić information content (AvgIpc) is 2.91. The molecule has 216 valence electrons. The fraction of sp³-hybridized carbons (Fsp3) is 0.179. The van der Waals surface area contributed by atoms with E-state index in [0.29, 0.717) is 12.1 Å². The van der Waals surface area contributed by atoms with E-state index in [1.807, 2.05) is 0 Å². The summed E-state index contributed by atoms with van der Waals surface area (Å²) in [7, 11) is -4.14. The molecule has 1 atom stereocenters. The number of amides is 2. The molecule has 42 heavy (non-hydrogen) atoms. The highest BCUT2D eigenvalue weighted by atomic mass is 32.2. The van der Waals surface area contributed by atoms with Crippen LogP contribution in [0.4, 0.5) is 42.5 Å². The fourth-order valence-corrected chi connectivity index (χ4v) is 5.54. The molecule has 7 nitrogen and oxygen atoms in total. The van der Waals surface area contributed by atoms with E-state index >= 15 is 0 Å². The van der Waals surface area contributed by atoms with Crippen LogP contribution in [0, 0.1) is 17.9 Å². The number of carbonyl (C=O) groups excluding carboxylic acids is 1. The average molecular weight is 605 g/mol. The number of alkyl halides is 6. The number of nitrogens with zero attached hydrogens (tertiary/aromatic N) is 4. The van der Waals surface area contributed by atoms with Crippen molar-refractivity contribution in [1.82, 2.24) is 0 Å². The third-order valence-corrected chi connectivity index (χ3v) is 7.61. The van der Waals surface area contributed by atoms with Crippen LogP contribution in [0.2, 0.25) is 0 Å². The van der Waals surface area contributed by atoms with Crippen LogP contribution in [0.3, 0.4) is 0 Å². The van der Waals surface area contributed by atoms with E-state index in [9.17, 15) is 44.8 Å². The van der Waals surface area contributed by atoms with Crippen LogP contribution >= 0.6 is 0 Å². The Labute approximate surface area is 236 Å². The van der Waals surface area contributed by atoms with Crippen molar-refractivity contribution in [2.75, 3.05) is 16.1 Å². The molecule has 0 aliphatic carbocycles. The van der Waals surface area contributed by atoms with Gasteiger partial charge in [0.1, 0.15) is 6.04 Å². The van der Waals surface area contributed by atoms with Crippen molar-refractivity contribution >= 4 is 27.2 Å². The maximum Gasteiger partial charge on any atom is 0.416 e. The molecular formula is C28H18F6N4O3S. The number of rotatable bonds is 4. The van der Waals surface area contributed by atoms with E-state index in [-0.39, 0.29) is 28.2 Å². The Bertz CT molecular complexity index is 1820. The lowest BCUT2D eigenvalue weighted by Crippen LogP contribution is -2.50. The number of anilines is 2. The van der Waals surface area contributed by atoms with Gasteiger partial charge in [0.05, 0.1) is 34.2 Å². The molecule has 0 N–H and O–H groups in total. The smallest absolute Gasteiger partial charge is 0.292 e. The van der Waals surface area contributed by atoms with Crippen LogP contribution in [0.15, 0.2) is 83.0 Å². The van der Waals surface area contributed by atoms with E-state index in [1.54, 1.807) is 6.07 Å². The Balaban J connectivity index is 2.09. The number of hydrogen-bond donors (Lipinski definition) is 0. The minimum Gasteiger partial charge on any atom is -0.292 e. The number of urea groups is 1. The Hall–Kier alpha value is -4.82. The molecule has 0 radical (unpaired) electrons. The van der Waals surface area contributed by atoms with Gasteiger partial charge in [0.2, 0.25) is 5.70 Å². The third-order valence-electron chi connectivity index (χ3n) is 6.46. The first-order valence-corrected chi connectivity index (χ1v) is 13.7. The molecule has 0 unspecified atom stereocenters. The summed E-state index contributed by atoms with van der Waals surface area (Å²) in [6, 6.07) is 9.47. The molecule has 2 amide bonds. The molecule has 0 fully saturated rings. The van der Waals surface area contributed by atoms with Gasteiger partial charge in [0, 0.05) is 23.3 Å². The number of hydrogen-bond acceptors (Lipinski definition) is 4. The number of nitriles is 1. The second-order valence-electron chi connectivity index (χ2n) is 9.21. The van der Waals surface area contributed by atoms with Crippen LogP contribution in [0.5, 0.6) is 0 Å². The second kappa shape index (κ2) is 10.5. The quantitative estimate of drug-likeness (QED) is 0.230. The first-order valence-electron chi connectivity index (χ1n) is 11.8. The van der Waals surface area contributed by atoms with Gasteiger partial charge in [-0.05, 0) is 61.0 Å². The van der Waals surface area contributed by atoms with Crippen LogP contribution in [0.1, 0.15) is 35.2 Å². The zero-order valence-electron chi connectivity index (χ0n) is 21.6. The van der Waals surface area contributed by atoms with E-state index in [0.717, 1.165) is 58.5 Å². The van der Waals surface area contributed by atoms with Crippen LogP contribution in [-0.4, -0.2) is 20.7 Å². The number of sulfone groups is 1. The zero-order valence-corrected chi connectivity index (χ0v) is 22.4. The summed E-state index contributed by atoms with van der Waals surface area (Å²) >= 11 is 0. The van der Waals surface area contributed by atoms with E-state index < -0.39 is 56.0 Å². The van der Waals surface area contributed by atoms with Gasteiger partial charge in [-0.15, -0.1) is 0 Å². The lowest BCUT2D eigenvalue weighted by molar-refractivity contribution is -0.138. The maximum atomic E-state index is 14.1. The molecule has 3 aromatic carbocycles. The van der Waals surface area contributed by atoms with Gasteiger partial charge in [0.25, 0.3) is 0 Å². The molecule has 4 rings (SSSR count). The Kier molecular flexibility index (Phi) is 7.56. The van der Waals surface area contributed by atoms with Crippen molar-refractivity contribution in [2.45, 2.75) is 30.2 Å². The monoisotopic (exact) mass is 604 g/mol. The van der Waals surface area contributed by atoms with Crippen LogP contribution in [-0.2, 0) is 22.2 Å². The van der Waals surface area contributed by atoms with Crippen molar-refractivity contribution in [2.24, 2.45) is 0 Å². The molecule has 0 aromatic heterocycles. The van der Waals surface area contributed by atoms with Gasteiger partial charge in [-0.25, -0.2) is 18.1 Å². The largest absolute Gasteiger partial charge is 0.416 e. The summed E-state index contributed by atoms with van der Waals surface area (Å²) in [5, 5.41) is 9.33. The Morgan fingerprint density at radius 1 is 0.905 bits per heavy atom. The highest BCUT2D eigenvalue weighted by molar-refractivity contribution is 7.90. The molecule has 0 bridgehead atoms. The molecule has 1 aliphatic rings. The minimum atomic E-state index is -4.86. The predicted molar refractivity (Wildman–Crippen MR) is 140 cm³/mol. The second-order valence-corrected chi connectivity index (χ2v) is 11.2. The van der Waals surface area contributed by atoms with E-state index in [1.165, 1.54) is 19.1 Å². The van der Waals surface area contributed by atoms with Crippen LogP contribution in [0.25, 0.3) is 4.85 Å². The third kappa shape index (κ3) is 5.53. The van der Waals surface area contributed by atoms with Crippen LogP contribution < -0.4 is 9.80 Å². The van der Waals surface area contributed by atoms with Crippen molar-refractivity contribution < 1.29 is 39.6 Å². The van der Waals surface area contributed by atoms with E-state index in [4.69, 9.17) is 6.57 Å². The number of benzene rings is 3. The number of allylic oxidation sites excluding steroid dienone is 1.